The lowest BCUT2D eigenvalue weighted by Gasteiger charge is -2.48. The Morgan fingerprint density at radius 2 is 1.23 bits per heavy atom. The summed E-state index contributed by atoms with van der Waals surface area (Å²) >= 11 is 0. The molecule has 0 nitrogen and oxygen atoms in total. The molecule has 0 radical (unpaired) electrons. The maximum atomic E-state index is 2.71. The molecular formula is C47H52. The molecule has 0 amide bonds. The van der Waals surface area contributed by atoms with E-state index in [9.17, 15) is 0 Å². The van der Waals surface area contributed by atoms with Crippen molar-refractivity contribution >= 4 is 0 Å². The van der Waals surface area contributed by atoms with Crippen LogP contribution in [0.1, 0.15) is 137 Å². The molecule has 4 aliphatic rings. The summed E-state index contributed by atoms with van der Waals surface area (Å²) in [5, 5.41) is 0. The van der Waals surface area contributed by atoms with Crippen molar-refractivity contribution in [1.82, 2.24) is 0 Å². The van der Waals surface area contributed by atoms with Crippen LogP contribution in [0.25, 0.3) is 11.1 Å². The lowest BCUT2D eigenvalue weighted by atomic mass is 9.56. The third-order valence-corrected chi connectivity index (χ3v) is 13.4. The van der Waals surface area contributed by atoms with Gasteiger partial charge in [0, 0.05) is 5.92 Å². The van der Waals surface area contributed by atoms with Crippen LogP contribution in [0, 0.1) is 5.92 Å². The molecular weight excluding hydrogens is 565 g/mol. The minimum atomic E-state index is -0.348. The zero-order valence-corrected chi connectivity index (χ0v) is 29.9. The second-order valence-electron chi connectivity index (χ2n) is 17.3. The van der Waals surface area contributed by atoms with E-state index in [1.54, 1.807) is 22.3 Å². The van der Waals surface area contributed by atoms with E-state index < -0.39 is 0 Å². The molecule has 0 fully saturated rings. The lowest BCUT2D eigenvalue weighted by Crippen LogP contribution is -2.41. The zero-order valence-electron chi connectivity index (χ0n) is 29.9. The molecule has 0 bridgehead atoms. The summed E-state index contributed by atoms with van der Waals surface area (Å²) in [7, 11) is 0. The Bertz CT molecular complexity index is 1890. The molecule has 8 rings (SSSR count). The standard InChI is InChI=1S/C47H52/c1-30-23-24-44(3,4)40-27-38-36(25-35(30)40)37-26-41-42(46(7,8)31(2)29-45(41,5)6)28-39(37)43(38)47(34-21-15-16-22-34,32-17-11-9-12-18-32)33-19-13-10-14-20-33/h9-21,25-28,30-31,43H,22-24,29H2,1-8H3. The van der Waals surface area contributed by atoms with Gasteiger partial charge in [0.15, 0.2) is 0 Å². The molecule has 3 unspecified atom stereocenters. The van der Waals surface area contributed by atoms with E-state index in [2.05, 4.69) is 159 Å². The highest BCUT2D eigenvalue weighted by Crippen LogP contribution is 2.63. The summed E-state index contributed by atoms with van der Waals surface area (Å²) in [6, 6.07) is 33.7. The predicted molar refractivity (Wildman–Crippen MR) is 200 cm³/mol. The molecule has 0 heteroatoms. The number of benzene rings is 4. The summed E-state index contributed by atoms with van der Waals surface area (Å²) in [4.78, 5) is 0. The first kappa shape index (κ1) is 30.7. The third-order valence-electron chi connectivity index (χ3n) is 13.4. The molecule has 3 atom stereocenters. The van der Waals surface area contributed by atoms with Crippen LogP contribution >= 0.6 is 0 Å². The second-order valence-corrected chi connectivity index (χ2v) is 17.3. The van der Waals surface area contributed by atoms with E-state index in [-0.39, 0.29) is 27.6 Å². The fraction of sp³-hybridized carbons (Fsp3) is 0.404. The topological polar surface area (TPSA) is 0 Å². The molecule has 0 saturated heterocycles. The Morgan fingerprint density at radius 1 is 0.638 bits per heavy atom. The van der Waals surface area contributed by atoms with Gasteiger partial charge in [-0.2, -0.15) is 0 Å². The maximum absolute atomic E-state index is 2.71. The van der Waals surface area contributed by atoms with E-state index >= 15 is 0 Å². The van der Waals surface area contributed by atoms with Crippen molar-refractivity contribution in [1.29, 1.82) is 0 Å². The lowest BCUT2D eigenvalue weighted by molar-refractivity contribution is 0.233. The molecule has 0 N–H and O–H groups in total. The van der Waals surface area contributed by atoms with Crippen molar-refractivity contribution < 1.29 is 0 Å². The fourth-order valence-electron chi connectivity index (χ4n) is 10.4. The Kier molecular flexibility index (Phi) is 6.81. The summed E-state index contributed by atoms with van der Waals surface area (Å²) in [5.41, 5.74) is 16.6. The molecule has 47 heavy (non-hydrogen) atoms. The van der Waals surface area contributed by atoms with Crippen LogP contribution in [0.3, 0.4) is 0 Å². The van der Waals surface area contributed by atoms with Crippen molar-refractivity contribution in [3.63, 3.8) is 0 Å². The summed E-state index contributed by atoms with van der Waals surface area (Å²) in [6.45, 7) is 19.9. The van der Waals surface area contributed by atoms with Gasteiger partial charge >= 0.3 is 0 Å². The Hall–Kier alpha value is -3.64. The molecule has 0 heterocycles. The predicted octanol–water partition coefficient (Wildman–Crippen LogP) is 12.4. The first-order valence-electron chi connectivity index (χ1n) is 18.2. The molecule has 0 saturated carbocycles. The maximum Gasteiger partial charge on any atom is 0.0526 e. The van der Waals surface area contributed by atoms with Gasteiger partial charge in [0.1, 0.15) is 0 Å². The minimum Gasteiger partial charge on any atom is -0.0804 e. The quantitative estimate of drug-likeness (QED) is 0.214. The Morgan fingerprint density at radius 3 is 1.83 bits per heavy atom. The van der Waals surface area contributed by atoms with Crippen molar-refractivity contribution in [3.05, 3.63) is 153 Å². The number of rotatable bonds is 4. The third kappa shape index (κ3) is 4.32. The molecule has 4 aliphatic carbocycles. The molecule has 0 aliphatic heterocycles. The highest BCUT2D eigenvalue weighted by Gasteiger charge is 2.52. The van der Waals surface area contributed by atoms with Gasteiger partial charge in [-0.15, -0.1) is 0 Å². The monoisotopic (exact) mass is 616 g/mol. The van der Waals surface area contributed by atoms with Gasteiger partial charge in [0.25, 0.3) is 0 Å². The number of hydrogen-bond acceptors (Lipinski definition) is 0. The molecule has 4 aromatic carbocycles. The SMILES string of the molecule is CC1CCC(C)(C)c2cc3c(cc21)-c1cc2c(cc1C3C(C1=CC=CC1)(c1ccccc1)c1ccccc1)C(C)(C)C(C)CC2(C)C. The summed E-state index contributed by atoms with van der Waals surface area (Å²) in [6.07, 6.45) is 11.8. The first-order chi connectivity index (χ1) is 22.4. The highest BCUT2D eigenvalue weighted by atomic mass is 14.5. The summed E-state index contributed by atoms with van der Waals surface area (Å²) < 4.78 is 0. The van der Waals surface area contributed by atoms with Gasteiger partial charge in [-0.05, 0) is 109 Å². The van der Waals surface area contributed by atoms with E-state index in [0.29, 0.717) is 11.8 Å². The fourth-order valence-corrected chi connectivity index (χ4v) is 10.4. The van der Waals surface area contributed by atoms with Gasteiger partial charge in [0.2, 0.25) is 0 Å². The molecule has 0 aromatic heterocycles. The second kappa shape index (κ2) is 10.4. The van der Waals surface area contributed by atoms with Crippen LogP contribution in [-0.2, 0) is 21.7 Å². The van der Waals surface area contributed by atoms with Gasteiger partial charge < -0.3 is 0 Å². The van der Waals surface area contributed by atoms with Crippen molar-refractivity contribution in [2.75, 3.05) is 0 Å². The van der Waals surface area contributed by atoms with Gasteiger partial charge in [-0.25, -0.2) is 0 Å². The van der Waals surface area contributed by atoms with E-state index in [4.69, 9.17) is 0 Å². The van der Waals surface area contributed by atoms with Crippen molar-refractivity contribution in [2.45, 2.75) is 115 Å². The van der Waals surface area contributed by atoms with Crippen LogP contribution < -0.4 is 0 Å². The van der Waals surface area contributed by atoms with E-state index in [0.717, 1.165) is 6.42 Å². The largest absolute Gasteiger partial charge is 0.0804 e. The number of hydrogen-bond donors (Lipinski definition) is 0. The Balaban J connectivity index is 1.54. The van der Waals surface area contributed by atoms with Crippen LogP contribution in [0.5, 0.6) is 0 Å². The number of fused-ring (bicyclic) bond motifs is 5. The normalized spacial score (nSPS) is 24.6. The molecule has 0 spiro atoms. The Labute approximate surface area is 284 Å². The average molecular weight is 617 g/mol. The van der Waals surface area contributed by atoms with Crippen molar-refractivity contribution in [2.24, 2.45) is 5.92 Å². The summed E-state index contributed by atoms with van der Waals surface area (Å²) in [5.74, 6) is 1.34. The molecule has 240 valence electrons. The van der Waals surface area contributed by atoms with Crippen LogP contribution in [-0.4, -0.2) is 0 Å². The molecule has 4 aromatic rings. The van der Waals surface area contributed by atoms with Gasteiger partial charge in [0.05, 0.1) is 5.41 Å². The smallest absolute Gasteiger partial charge is 0.0526 e. The number of allylic oxidation sites excluding steroid dienone is 4. The van der Waals surface area contributed by atoms with E-state index in [1.165, 1.54) is 58.2 Å². The van der Waals surface area contributed by atoms with Crippen molar-refractivity contribution in [3.8, 4) is 11.1 Å². The highest BCUT2D eigenvalue weighted by molar-refractivity contribution is 5.84. The van der Waals surface area contributed by atoms with Crippen LogP contribution in [0.4, 0.5) is 0 Å². The van der Waals surface area contributed by atoms with Crippen LogP contribution in [0.15, 0.2) is 109 Å². The zero-order chi connectivity index (χ0) is 32.9. The average Bonchev–Trinajstić information content (AvgIpc) is 3.70. The minimum absolute atomic E-state index is 0.102. The first-order valence-corrected chi connectivity index (χ1v) is 18.2. The van der Waals surface area contributed by atoms with Gasteiger partial charge in [-0.1, -0.05) is 164 Å². The van der Waals surface area contributed by atoms with E-state index in [1.807, 2.05) is 0 Å². The van der Waals surface area contributed by atoms with Gasteiger partial charge in [-0.3, -0.25) is 0 Å². The van der Waals surface area contributed by atoms with Crippen LogP contribution in [0.2, 0.25) is 0 Å².